The highest BCUT2D eigenvalue weighted by Gasteiger charge is 2.32. The van der Waals surface area contributed by atoms with Crippen LogP contribution in [0.5, 0.6) is 11.5 Å². The number of benzene rings is 3. The Labute approximate surface area is 225 Å². The van der Waals surface area contributed by atoms with Crippen LogP contribution in [0.25, 0.3) is 22.5 Å². The topological polar surface area (TPSA) is 88.4 Å². The minimum Gasteiger partial charge on any atom is -0.492 e. The van der Waals surface area contributed by atoms with Crippen molar-refractivity contribution < 1.29 is 23.4 Å². The number of ether oxygens (including phenoxy) is 3. The van der Waals surface area contributed by atoms with Crippen LogP contribution in [0.1, 0.15) is 52.7 Å². The van der Waals surface area contributed by atoms with Gasteiger partial charge < -0.3 is 14.2 Å². The molecule has 2 aliphatic rings. The summed E-state index contributed by atoms with van der Waals surface area (Å²) in [6.07, 6.45) is 1.24. The van der Waals surface area contributed by atoms with E-state index in [9.17, 15) is 4.79 Å². The molecule has 0 radical (unpaired) electrons. The van der Waals surface area contributed by atoms with Crippen molar-refractivity contribution in [2.75, 3.05) is 13.7 Å². The minimum atomic E-state index is -0.408. The van der Waals surface area contributed by atoms with Gasteiger partial charge in [0.05, 0.1) is 27.2 Å². The number of aryl methyl sites for hydroxylation is 3. The van der Waals surface area contributed by atoms with Crippen LogP contribution in [0.2, 0.25) is 0 Å². The largest absolute Gasteiger partial charge is 0.492 e. The SMILES string of the molecule is COC(=O)C[C@@H]1COc2cc(O[C@@H]3CCc4c(-c5c(C)cc(-c6nnn(C)n6)cc5C)ccc(F)c43)ccc21. The molecular formula is C30H29FN4O4. The number of hydrogen-bond donors (Lipinski definition) is 0. The molecule has 9 heteroatoms. The number of carbonyl (C=O) groups excluding carboxylic acids is 1. The van der Waals surface area contributed by atoms with E-state index in [-0.39, 0.29) is 24.1 Å². The highest BCUT2D eigenvalue weighted by molar-refractivity contribution is 5.78. The first-order chi connectivity index (χ1) is 18.8. The predicted molar refractivity (Wildman–Crippen MR) is 142 cm³/mol. The smallest absolute Gasteiger partial charge is 0.306 e. The molecule has 3 aromatic carbocycles. The van der Waals surface area contributed by atoms with E-state index in [1.807, 2.05) is 24.3 Å². The Bertz CT molecular complexity index is 1580. The lowest BCUT2D eigenvalue weighted by molar-refractivity contribution is -0.141. The number of esters is 1. The Hall–Kier alpha value is -4.27. The van der Waals surface area contributed by atoms with E-state index >= 15 is 4.39 Å². The Morgan fingerprint density at radius 1 is 1.15 bits per heavy atom. The molecule has 1 aromatic heterocycles. The summed E-state index contributed by atoms with van der Waals surface area (Å²) in [5.41, 5.74) is 7.67. The zero-order valence-electron chi connectivity index (χ0n) is 22.3. The second-order valence-electron chi connectivity index (χ2n) is 10.2. The lowest BCUT2D eigenvalue weighted by Crippen LogP contribution is -2.09. The number of hydrogen-bond acceptors (Lipinski definition) is 7. The standard InChI is InChI=1S/C30H29FN4O4/c1-16-11-18(30-32-34-35(3)33-30)12-17(2)28(16)22-7-9-24(31)29-23(22)8-10-25(29)39-20-5-6-21-19(13-27(36)37-4)15-38-26(21)14-20/h5-7,9,11-12,14,19,25H,8,10,13,15H2,1-4H3/t19-,25-/m1/s1. The maximum atomic E-state index is 15.3. The van der Waals surface area contributed by atoms with Crippen molar-refractivity contribution in [2.45, 2.75) is 45.1 Å². The van der Waals surface area contributed by atoms with Crippen molar-refractivity contribution in [2.24, 2.45) is 7.05 Å². The molecule has 39 heavy (non-hydrogen) atoms. The molecule has 2 atom stereocenters. The van der Waals surface area contributed by atoms with E-state index in [1.165, 1.54) is 18.0 Å². The molecular weight excluding hydrogens is 499 g/mol. The highest BCUT2D eigenvalue weighted by atomic mass is 19.1. The Kier molecular flexibility index (Phi) is 6.29. The average Bonchev–Trinajstić information content (AvgIpc) is 3.64. The third-order valence-corrected chi connectivity index (χ3v) is 7.63. The van der Waals surface area contributed by atoms with E-state index in [0.717, 1.165) is 38.9 Å². The Morgan fingerprint density at radius 3 is 2.67 bits per heavy atom. The number of carbonyl (C=O) groups is 1. The molecule has 0 N–H and O–H groups in total. The fourth-order valence-electron chi connectivity index (χ4n) is 5.89. The van der Waals surface area contributed by atoms with Crippen molar-refractivity contribution >= 4 is 5.97 Å². The number of halogens is 1. The zero-order valence-corrected chi connectivity index (χ0v) is 22.3. The number of tetrazole rings is 1. The molecule has 200 valence electrons. The maximum Gasteiger partial charge on any atom is 0.306 e. The Morgan fingerprint density at radius 2 is 1.95 bits per heavy atom. The van der Waals surface area contributed by atoms with Crippen molar-refractivity contribution in [3.05, 3.63) is 76.1 Å². The van der Waals surface area contributed by atoms with Crippen molar-refractivity contribution in [3.8, 4) is 34.0 Å². The fraction of sp³-hybridized carbons (Fsp3) is 0.333. The molecule has 6 rings (SSSR count). The third-order valence-electron chi connectivity index (χ3n) is 7.63. The summed E-state index contributed by atoms with van der Waals surface area (Å²) in [6, 6.07) is 13.1. The number of aromatic nitrogens is 4. The number of methoxy groups -OCH3 is 1. The van der Waals surface area contributed by atoms with Gasteiger partial charge in [-0.3, -0.25) is 4.79 Å². The summed E-state index contributed by atoms with van der Waals surface area (Å²) in [5.74, 6) is 1.30. The minimum absolute atomic E-state index is 0.0451. The fourth-order valence-corrected chi connectivity index (χ4v) is 5.89. The first-order valence-electron chi connectivity index (χ1n) is 13.0. The summed E-state index contributed by atoms with van der Waals surface area (Å²) in [5, 5.41) is 12.4. The zero-order chi connectivity index (χ0) is 27.3. The van der Waals surface area contributed by atoms with Crippen LogP contribution in [0.3, 0.4) is 0 Å². The summed E-state index contributed by atoms with van der Waals surface area (Å²) >= 11 is 0. The molecule has 2 heterocycles. The van der Waals surface area contributed by atoms with E-state index in [4.69, 9.17) is 14.2 Å². The first-order valence-corrected chi connectivity index (χ1v) is 13.0. The molecule has 1 aliphatic carbocycles. The normalized spacial score (nSPS) is 17.5. The van der Waals surface area contributed by atoms with Crippen LogP contribution in [0.15, 0.2) is 42.5 Å². The monoisotopic (exact) mass is 528 g/mol. The summed E-state index contributed by atoms with van der Waals surface area (Å²) < 4.78 is 32.2. The van der Waals surface area contributed by atoms with Crippen LogP contribution in [-0.4, -0.2) is 39.9 Å². The van der Waals surface area contributed by atoms with Crippen LogP contribution in [0, 0.1) is 19.7 Å². The highest BCUT2D eigenvalue weighted by Crippen LogP contribution is 2.45. The van der Waals surface area contributed by atoms with E-state index < -0.39 is 6.10 Å². The van der Waals surface area contributed by atoms with Crippen LogP contribution >= 0.6 is 0 Å². The number of fused-ring (bicyclic) bond motifs is 2. The van der Waals surface area contributed by atoms with Crippen LogP contribution in [-0.2, 0) is 23.0 Å². The third kappa shape index (κ3) is 4.51. The van der Waals surface area contributed by atoms with Gasteiger partial charge in [-0.2, -0.15) is 4.80 Å². The Balaban J connectivity index is 1.29. The molecule has 0 bridgehead atoms. The van der Waals surface area contributed by atoms with Gasteiger partial charge in [0.1, 0.15) is 23.4 Å². The van der Waals surface area contributed by atoms with Gasteiger partial charge in [-0.25, -0.2) is 4.39 Å². The van der Waals surface area contributed by atoms with E-state index in [1.54, 1.807) is 7.05 Å². The van der Waals surface area contributed by atoms with Gasteiger partial charge in [0, 0.05) is 28.7 Å². The number of rotatable bonds is 6. The van der Waals surface area contributed by atoms with E-state index in [2.05, 4.69) is 41.4 Å². The average molecular weight is 529 g/mol. The molecule has 0 spiro atoms. The second-order valence-corrected chi connectivity index (χ2v) is 10.2. The molecule has 0 unspecified atom stereocenters. The molecule has 0 fully saturated rings. The van der Waals surface area contributed by atoms with Gasteiger partial charge in [-0.1, -0.05) is 12.1 Å². The molecule has 0 amide bonds. The van der Waals surface area contributed by atoms with Crippen molar-refractivity contribution in [3.63, 3.8) is 0 Å². The van der Waals surface area contributed by atoms with Gasteiger partial charge in [0.15, 0.2) is 0 Å². The van der Waals surface area contributed by atoms with Gasteiger partial charge in [0.2, 0.25) is 5.82 Å². The van der Waals surface area contributed by atoms with Crippen LogP contribution < -0.4 is 9.47 Å². The van der Waals surface area contributed by atoms with Crippen molar-refractivity contribution in [1.82, 2.24) is 20.2 Å². The summed E-state index contributed by atoms with van der Waals surface area (Å²) in [4.78, 5) is 13.2. The predicted octanol–water partition coefficient (Wildman–Crippen LogP) is 5.41. The number of nitrogens with zero attached hydrogens (tertiary/aromatic N) is 4. The second kappa shape index (κ2) is 9.80. The van der Waals surface area contributed by atoms with Gasteiger partial charge in [-0.15, -0.1) is 10.2 Å². The molecule has 1 aliphatic heterocycles. The van der Waals surface area contributed by atoms with Gasteiger partial charge in [0.25, 0.3) is 0 Å². The van der Waals surface area contributed by atoms with Gasteiger partial charge in [-0.05, 0) is 84.0 Å². The van der Waals surface area contributed by atoms with E-state index in [0.29, 0.717) is 42.3 Å². The van der Waals surface area contributed by atoms with Gasteiger partial charge >= 0.3 is 5.97 Å². The first kappa shape index (κ1) is 25.0. The quantitative estimate of drug-likeness (QED) is 0.310. The maximum absolute atomic E-state index is 15.3. The lowest BCUT2D eigenvalue weighted by atomic mass is 9.89. The molecule has 8 nitrogen and oxygen atoms in total. The molecule has 4 aromatic rings. The molecule has 0 saturated carbocycles. The van der Waals surface area contributed by atoms with Crippen molar-refractivity contribution in [1.29, 1.82) is 0 Å². The summed E-state index contributed by atoms with van der Waals surface area (Å²) in [7, 11) is 3.12. The van der Waals surface area contributed by atoms with Crippen LogP contribution in [0.4, 0.5) is 4.39 Å². The molecule has 0 saturated heterocycles. The summed E-state index contributed by atoms with van der Waals surface area (Å²) in [6.45, 7) is 4.53. The lowest BCUT2D eigenvalue weighted by Gasteiger charge is -2.19.